The number of phenols is 1. The summed E-state index contributed by atoms with van der Waals surface area (Å²) >= 11 is 0. The number of phenolic OH excluding ortho intramolecular Hbond substituents is 1. The van der Waals surface area contributed by atoms with Crippen LogP contribution in [0.2, 0.25) is 0 Å². The Balaban J connectivity index is 2.06. The zero-order valence-corrected chi connectivity index (χ0v) is 11.9. The standard InChI is InChI=1S/C14H18N2O5/c1-8-5-11(6-9(2)21-8)15-14(18)10-3-4-12(16(19)20)13(17)7-10/h3-4,7-9,11,17H,5-6H2,1-2H3,(H,15,18)/t8-,9-/m1/s1. The number of hydrogen-bond acceptors (Lipinski definition) is 5. The summed E-state index contributed by atoms with van der Waals surface area (Å²) in [5.41, 5.74) is -0.218. The van der Waals surface area contributed by atoms with Crippen molar-refractivity contribution in [1.29, 1.82) is 0 Å². The molecule has 1 fully saturated rings. The first-order chi connectivity index (χ1) is 9.86. The zero-order chi connectivity index (χ0) is 15.6. The molecule has 1 aliphatic heterocycles. The van der Waals surface area contributed by atoms with E-state index in [1.165, 1.54) is 6.07 Å². The first-order valence-electron chi connectivity index (χ1n) is 6.80. The van der Waals surface area contributed by atoms with Gasteiger partial charge in [0, 0.05) is 17.7 Å². The van der Waals surface area contributed by atoms with Crippen LogP contribution in [0.25, 0.3) is 0 Å². The maximum Gasteiger partial charge on any atom is 0.310 e. The highest BCUT2D eigenvalue weighted by atomic mass is 16.6. The maximum atomic E-state index is 12.1. The van der Waals surface area contributed by atoms with Crippen molar-refractivity contribution >= 4 is 11.6 Å². The van der Waals surface area contributed by atoms with Crippen molar-refractivity contribution in [3.63, 3.8) is 0 Å². The Morgan fingerprint density at radius 2 is 2.00 bits per heavy atom. The molecule has 0 radical (unpaired) electrons. The van der Waals surface area contributed by atoms with Gasteiger partial charge in [-0.2, -0.15) is 0 Å². The summed E-state index contributed by atoms with van der Waals surface area (Å²) < 4.78 is 5.60. The van der Waals surface area contributed by atoms with E-state index >= 15 is 0 Å². The van der Waals surface area contributed by atoms with E-state index in [1.807, 2.05) is 13.8 Å². The van der Waals surface area contributed by atoms with Crippen molar-refractivity contribution < 1.29 is 19.6 Å². The van der Waals surface area contributed by atoms with E-state index in [9.17, 15) is 20.0 Å². The van der Waals surface area contributed by atoms with Gasteiger partial charge in [-0.1, -0.05) is 0 Å². The molecule has 21 heavy (non-hydrogen) atoms. The van der Waals surface area contributed by atoms with Gasteiger partial charge in [-0.05, 0) is 38.8 Å². The lowest BCUT2D eigenvalue weighted by Gasteiger charge is -2.32. The number of aromatic hydroxyl groups is 1. The van der Waals surface area contributed by atoms with Crippen molar-refractivity contribution in [2.45, 2.75) is 44.9 Å². The average Bonchev–Trinajstić information content (AvgIpc) is 2.36. The second kappa shape index (κ2) is 6.09. The van der Waals surface area contributed by atoms with E-state index in [2.05, 4.69) is 5.32 Å². The van der Waals surface area contributed by atoms with Gasteiger partial charge in [0.25, 0.3) is 5.91 Å². The SMILES string of the molecule is C[C@@H]1CC(NC(=O)c2ccc([N+](=O)[O-])c(O)c2)C[C@@H](C)O1. The van der Waals surface area contributed by atoms with Crippen LogP contribution < -0.4 is 5.32 Å². The van der Waals surface area contributed by atoms with Gasteiger partial charge in [0.15, 0.2) is 5.75 Å². The summed E-state index contributed by atoms with van der Waals surface area (Å²) in [6, 6.07) is 3.56. The summed E-state index contributed by atoms with van der Waals surface area (Å²) in [4.78, 5) is 22.1. The van der Waals surface area contributed by atoms with Gasteiger partial charge in [-0.15, -0.1) is 0 Å². The number of nitro benzene ring substituents is 1. The van der Waals surface area contributed by atoms with Gasteiger partial charge in [-0.3, -0.25) is 14.9 Å². The molecule has 1 saturated heterocycles. The van der Waals surface area contributed by atoms with Gasteiger partial charge in [0.2, 0.25) is 0 Å². The third-order valence-corrected chi connectivity index (χ3v) is 3.47. The molecule has 7 heteroatoms. The zero-order valence-electron chi connectivity index (χ0n) is 11.9. The predicted octanol–water partition coefficient (Wildman–Crippen LogP) is 1.99. The normalized spacial score (nSPS) is 25.3. The van der Waals surface area contributed by atoms with Gasteiger partial charge >= 0.3 is 5.69 Å². The number of carbonyl (C=O) groups excluding carboxylic acids is 1. The molecule has 1 amide bonds. The topological polar surface area (TPSA) is 102 Å². The molecule has 1 heterocycles. The lowest BCUT2D eigenvalue weighted by atomic mass is 9.99. The van der Waals surface area contributed by atoms with Crippen molar-refractivity contribution in [1.82, 2.24) is 5.32 Å². The van der Waals surface area contributed by atoms with E-state index < -0.39 is 16.4 Å². The smallest absolute Gasteiger partial charge is 0.310 e. The molecule has 0 spiro atoms. The molecule has 0 aromatic heterocycles. The van der Waals surface area contributed by atoms with Crippen LogP contribution >= 0.6 is 0 Å². The van der Waals surface area contributed by atoms with Crippen molar-refractivity contribution in [2.24, 2.45) is 0 Å². The van der Waals surface area contributed by atoms with Crippen LogP contribution in [0.15, 0.2) is 18.2 Å². The van der Waals surface area contributed by atoms with Crippen LogP contribution in [0.3, 0.4) is 0 Å². The van der Waals surface area contributed by atoms with Crippen molar-refractivity contribution in [2.75, 3.05) is 0 Å². The van der Waals surface area contributed by atoms with Crippen LogP contribution in [0.4, 0.5) is 5.69 Å². The monoisotopic (exact) mass is 294 g/mol. The van der Waals surface area contributed by atoms with Crippen LogP contribution in [0, 0.1) is 10.1 Å². The molecule has 2 atom stereocenters. The van der Waals surface area contributed by atoms with Crippen LogP contribution in [-0.2, 0) is 4.74 Å². The first-order valence-corrected chi connectivity index (χ1v) is 6.80. The number of amides is 1. The molecule has 0 unspecified atom stereocenters. The second-order valence-corrected chi connectivity index (χ2v) is 5.36. The Kier molecular flexibility index (Phi) is 4.42. The Bertz CT molecular complexity index is 550. The third-order valence-electron chi connectivity index (χ3n) is 3.47. The number of nitrogens with one attached hydrogen (secondary N) is 1. The molecular formula is C14H18N2O5. The van der Waals surface area contributed by atoms with Gasteiger partial charge < -0.3 is 15.2 Å². The number of carbonyl (C=O) groups is 1. The fourth-order valence-electron chi connectivity index (χ4n) is 2.61. The lowest BCUT2D eigenvalue weighted by Crippen LogP contribution is -2.43. The number of nitro groups is 1. The largest absolute Gasteiger partial charge is 0.502 e. The molecule has 2 N–H and O–H groups in total. The van der Waals surface area contributed by atoms with E-state index in [0.717, 1.165) is 25.0 Å². The van der Waals surface area contributed by atoms with E-state index in [0.29, 0.717) is 0 Å². The highest BCUT2D eigenvalue weighted by Gasteiger charge is 2.26. The highest BCUT2D eigenvalue weighted by Crippen LogP contribution is 2.26. The van der Waals surface area contributed by atoms with Gasteiger partial charge in [0.1, 0.15) is 0 Å². The van der Waals surface area contributed by atoms with Gasteiger partial charge in [0.05, 0.1) is 17.1 Å². The molecule has 1 aromatic carbocycles. The Morgan fingerprint density at radius 1 is 1.38 bits per heavy atom. The van der Waals surface area contributed by atoms with Gasteiger partial charge in [-0.25, -0.2) is 0 Å². The molecule has 1 aromatic rings. The number of rotatable bonds is 3. The molecule has 7 nitrogen and oxygen atoms in total. The van der Waals surface area contributed by atoms with E-state index in [4.69, 9.17) is 4.74 Å². The third kappa shape index (κ3) is 3.69. The van der Waals surface area contributed by atoms with Crippen LogP contribution in [0.5, 0.6) is 5.75 Å². The minimum atomic E-state index is -0.696. The predicted molar refractivity (Wildman–Crippen MR) is 75.3 cm³/mol. The van der Waals surface area contributed by atoms with E-state index in [1.54, 1.807) is 0 Å². The summed E-state index contributed by atoms with van der Waals surface area (Å²) in [6.07, 6.45) is 1.58. The average molecular weight is 294 g/mol. The quantitative estimate of drug-likeness (QED) is 0.655. The van der Waals surface area contributed by atoms with Crippen LogP contribution in [0.1, 0.15) is 37.0 Å². The fraction of sp³-hybridized carbons (Fsp3) is 0.500. The molecule has 0 aliphatic carbocycles. The van der Waals surface area contributed by atoms with Crippen molar-refractivity contribution in [3.05, 3.63) is 33.9 Å². The first kappa shape index (κ1) is 15.2. The molecule has 2 rings (SSSR count). The lowest BCUT2D eigenvalue weighted by molar-refractivity contribution is -0.385. The van der Waals surface area contributed by atoms with E-state index in [-0.39, 0.29) is 29.7 Å². The summed E-state index contributed by atoms with van der Waals surface area (Å²) in [6.45, 7) is 3.90. The summed E-state index contributed by atoms with van der Waals surface area (Å²) in [5.74, 6) is -0.868. The van der Waals surface area contributed by atoms with Crippen LogP contribution in [-0.4, -0.2) is 34.2 Å². The minimum absolute atomic E-state index is 0.00594. The maximum absolute atomic E-state index is 12.1. The number of benzene rings is 1. The van der Waals surface area contributed by atoms with Crippen molar-refractivity contribution in [3.8, 4) is 5.75 Å². The highest BCUT2D eigenvalue weighted by molar-refractivity contribution is 5.95. The molecule has 114 valence electrons. The Morgan fingerprint density at radius 3 is 2.52 bits per heavy atom. The Labute approximate surface area is 122 Å². The molecule has 1 aliphatic rings. The summed E-state index contributed by atoms with van der Waals surface area (Å²) in [5, 5.41) is 23.1. The molecule has 0 bridgehead atoms. The summed E-state index contributed by atoms with van der Waals surface area (Å²) in [7, 11) is 0. The fourth-order valence-corrected chi connectivity index (χ4v) is 2.61. The molecule has 0 saturated carbocycles. The number of ether oxygens (including phenoxy) is 1. The second-order valence-electron chi connectivity index (χ2n) is 5.36. The number of hydrogen-bond donors (Lipinski definition) is 2. The Hall–Kier alpha value is -2.15. The number of nitrogens with zero attached hydrogens (tertiary/aromatic N) is 1. The molecular weight excluding hydrogens is 276 g/mol. The minimum Gasteiger partial charge on any atom is -0.502 e.